The van der Waals surface area contributed by atoms with Crippen LogP contribution in [-0.4, -0.2) is 62.6 Å². The van der Waals surface area contributed by atoms with Gasteiger partial charge < -0.3 is 4.90 Å². The van der Waals surface area contributed by atoms with Crippen molar-refractivity contribution in [1.29, 1.82) is 0 Å². The van der Waals surface area contributed by atoms with E-state index in [0.29, 0.717) is 11.2 Å². The number of pyridine rings is 1. The summed E-state index contributed by atoms with van der Waals surface area (Å²) >= 11 is 0. The highest BCUT2D eigenvalue weighted by Gasteiger charge is 2.34. The molecule has 2 fully saturated rings. The summed E-state index contributed by atoms with van der Waals surface area (Å²) in [6.45, 7) is 6.72. The molecule has 0 bridgehead atoms. The van der Waals surface area contributed by atoms with E-state index in [-0.39, 0.29) is 5.91 Å². The quantitative estimate of drug-likeness (QED) is 0.323. The molecule has 2 aliphatic heterocycles. The zero-order chi connectivity index (χ0) is 26.4. The van der Waals surface area contributed by atoms with Crippen molar-refractivity contribution >= 4 is 16.9 Å². The molecular weight excluding hydrogens is 482 g/mol. The lowest BCUT2D eigenvalue weighted by Crippen LogP contribution is -2.44. The van der Waals surface area contributed by atoms with E-state index in [1.165, 1.54) is 55.5 Å². The van der Waals surface area contributed by atoms with E-state index in [0.717, 1.165) is 66.5 Å². The zero-order valence-electron chi connectivity index (χ0n) is 22.9. The Labute approximate surface area is 230 Å². The summed E-state index contributed by atoms with van der Waals surface area (Å²) in [7, 11) is 0. The van der Waals surface area contributed by atoms with E-state index in [4.69, 9.17) is 4.98 Å². The van der Waals surface area contributed by atoms with Gasteiger partial charge in [0.25, 0.3) is 5.91 Å². The Hall–Kier alpha value is -3.51. The van der Waals surface area contributed by atoms with Crippen LogP contribution in [0.5, 0.6) is 0 Å². The van der Waals surface area contributed by atoms with Gasteiger partial charge in [-0.15, -0.1) is 0 Å². The molecule has 0 radical (unpaired) electrons. The molecule has 1 unspecified atom stereocenters. The van der Waals surface area contributed by atoms with E-state index in [1.807, 2.05) is 35.4 Å². The molecule has 2 saturated heterocycles. The third kappa shape index (κ3) is 4.55. The largest absolute Gasteiger partial charge is 0.339 e. The van der Waals surface area contributed by atoms with Gasteiger partial charge in [0, 0.05) is 46.9 Å². The van der Waals surface area contributed by atoms with Crippen molar-refractivity contribution in [2.45, 2.75) is 63.8 Å². The highest BCUT2D eigenvalue weighted by molar-refractivity contribution is 5.96. The van der Waals surface area contributed by atoms with Crippen LogP contribution in [0.4, 0.5) is 0 Å². The van der Waals surface area contributed by atoms with Gasteiger partial charge in [0.15, 0.2) is 5.65 Å². The monoisotopic (exact) mass is 519 g/mol. The lowest BCUT2D eigenvalue weighted by Gasteiger charge is -2.38. The minimum atomic E-state index is 0.126. The van der Waals surface area contributed by atoms with E-state index < -0.39 is 0 Å². The number of nitrogens with zero attached hydrogens (tertiary/aromatic N) is 4. The second-order valence-corrected chi connectivity index (χ2v) is 11.9. The average molecular weight is 520 g/mol. The van der Waals surface area contributed by atoms with Gasteiger partial charge in [0.05, 0.1) is 5.69 Å². The molecule has 3 aliphatic rings. The first kappa shape index (κ1) is 24.5. The molecule has 2 aromatic heterocycles. The molecule has 39 heavy (non-hydrogen) atoms. The number of hydrogen-bond donors (Lipinski definition) is 1. The smallest absolute Gasteiger partial charge is 0.253 e. The minimum Gasteiger partial charge on any atom is -0.339 e. The summed E-state index contributed by atoms with van der Waals surface area (Å²) in [4.78, 5) is 22.2. The SMILES string of the molecule is CC1(N2CCCC2)CCc2ccc(-c3cnc4n[nH]c(-c5ccc(C(=O)N6CCCC6)cc5)c4c3)cc2CC1. The maximum absolute atomic E-state index is 12.8. The van der Waals surface area contributed by atoms with Gasteiger partial charge >= 0.3 is 0 Å². The maximum atomic E-state index is 12.8. The average Bonchev–Trinajstić information content (AvgIpc) is 3.76. The fourth-order valence-corrected chi connectivity index (χ4v) is 6.95. The highest BCUT2D eigenvalue weighted by Crippen LogP contribution is 2.36. The molecular formula is C33H37N5O. The van der Waals surface area contributed by atoms with Crippen LogP contribution < -0.4 is 0 Å². The first-order valence-corrected chi connectivity index (χ1v) is 14.7. The molecule has 1 aliphatic carbocycles. The van der Waals surface area contributed by atoms with Crippen LogP contribution in [0.2, 0.25) is 0 Å². The molecule has 6 nitrogen and oxygen atoms in total. The molecule has 1 N–H and O–H groups in total. The van der Waals surface area contributed by atoms with Crippen LogP contribution in [-0.2, 0) is 12.8 Å². The molecule has 4 heterocycles. The second-order valence-electron chi connectivity index (χ2n) is 11.9. The molecule has 2 aromatic carbocycles. The number of nitrogens with one attached hydrogen (secondary N) is 1. The normalized spacial score (nSPS) is 21.8. The van der Waals surface area contributed by atoms with E-state index >= 15 is 0 Å². The summed E-state index contributed by atoms with van der Waals surface area (Å²) in [6, 6.07) is 17.1. The van der Waals surface area contributed by atoms with Gasteiger partial charge in [0.1, 0.15) is 0 Å². The van der Waals surface area contributed by atoms with Gasteiger partial charge in [-0.2, -0.15) is 5.10 Å². The van der Waals surface area contributed by atoms with Crippen LogP contribution in [0.3, 0.4) is 0 Å². The predicted octanol–water partition coefficient (Wildman–Crippen LogP) is 6.26. The number of rotatable bonds is 4. The lowest BCUT2D eigenvalue weighted by molar-refractivity contribution is 0.0793. The Morgan fingerprint density at radius 1 is 0.821 bits per heavy atom. The molecule has 0 spiro atoms. The van der Waals surface area contributed by atoms with Gasteiger partial charge in [-0.05, 0) is 106 Å². The Morgan fingerprint density at radius 3 is 2.28 bits per heavy atom. The minimum absolute atomic E-state index is 0.126. The molecule has 1 atom stereocenters. The zero-order valence-corrected chi connectivity index (χ0v) is 22.9. The van der Waals surface area contributed by atoms with Crippen molar-refractivity contribution in [3.8, 4) is 22.4 Å². The summed E-state index contributed by atoms with van der Waals surface area (Å²) in [5, 5.41) is 8.67. The van der Waals surface area contributed by atoms with Crippen LogP contribution in [0.25, 0.3) is 33.4 Å². The van der Waals surface area contributed by atoms with E-state index in [1.54, 1.807) is 0 Å². The van der Waals surface area contributed by atoms with Crippen LogP contribution >= 0.6 is 0 Å². The number of H-pyrrole nitrogens is 1. The summed E-state index contributed by atoms with van der Waals surface area (Å²) in [5.74, 6) is 0.126. The Balaban J connectivity index is 1.15. The highest BCUT2D eigenvalue weighted by atomic mass is 16.2. The van der Waals surface area contributed by atoms with E-state index in [9.17, 15) is 4.79 Å². The number of hydrogen-bond acceptors (Lipinski definition) is 4. The van der Waals surface area contributed by atoms with Crippen LogP contribution in [0.1, 0.15) is 66.9 Å². The molecule has 200 valence electrons. The fourth-order valence-electron chi connectivity index (χ4n) is 6.95. The van der Waals surface area contributed by atoms with Crippen LogP contribution in [0.15, 0.2) is 54.7 Å². The molecule has 7 rings (SSSR count). The van der Waals surface area contributed by atoms with Crippen molar-refractivity contribution < 1.29 is 4.79 Å². The fraction of sp³-hybridized carbons (Fsp3) is 0.424. The number of aromatic amines is 1. The standard InChI is InChI=1S/C33H37N5O/c1-33(38-18-4-5-19-38)14-12-23-6-11-26(20-27(23)13-15-33)28-21-29-30(35-36-31(29)34-22-28)24-7-9-25(10-8-24)32(39)37-16-2-3-17-37/h6-11,20-22H,2-5,12-19H2,1H3,(H,34,35,36). The number of carbonyl (C=O) groups is 1. The molecule has 4 aromatic rings. The maximum Gasteiger partial charge on any atom is 0.253 e. The van der Waals surface area contributed by atoms with Gasteiger partial charge in [-0.1, -0.05) is 30.3 Å². The number of aromatic nitrogens is 3. The second kappa shape index (κ2) is 9.91. The summed E-state index contributed by atoms with van der Waals surface area (Å²) in [6.07, 6.45) is 11.6. The van der Waals surface area contributed by atoms with Crippen molar-refractivity contribution in [2.24, 2.45) is 0 Å². The Bertz CT molecular complexity index is 1510. The molecule has 6 heteroatoms. The first-order valence-electron chi connectivity index (χ1n) is 14.7. The third-order valence-corrected chi connectivity index (χ3v) is 9.50. The molecule has 1 amide bonds. The predicted molar refractivity (Wildman–Crippen MR) is 156 cm³/mol. The van der Waals surface area contributed by atoms with Crippen molar-refractivity contribution in [3.63, 3.8) is 0 Å². The third-order valence-electron chi connectivity index (χ3n) is 9.50. The number of amides is 1. The first-order chi connectivity index (χ1) is 19.1. The number of benzene rings is 2. The lowest BCUT2D eigenvalue weighted by atomic mass is 9.90. The number of fused-ring (bicyclic) bond motifs is 2. The number of aryl methyl sites for hydroxylation is 2. The van der Waals surface area contributed by atoms with Crippen molar-refractivity contribution in [2.75, 3.05) is 26.2 Å². The van der Waals surface area contributed by atoms with Gasteiger partial charge in [-0.3, -0.25) is 14.8 Å². The Morgan fingerprint density at radius 2 is 1.51 bits per heavy atom. The van der Waals surface area contributed by atoms with Crippen LogP contribution in [0, 0.1) is 0 Å². The van der Waals surface area contributed by atoms with E-state index in [2.05, 4.69) is 46.3 Å². The summed E-state index contributed by atoms with van der Waals surface area (Å²) < 4.78 is 0. The topological polar surface area (TPSA) is 65.1 Å². The van der Waals surface area contributed by atoms with Crippen molar-refractivity contribution in [1.82, 2.24) is 25.0 Å². The number of likely N-dealkylation sites (tertiary alicyclic amines) is 2. The molecule has 0 saturated carbocycles. The Kier molecular flexibility index (Phi) is 6.23. The van der Waals surface area contributed by atoms with Gasteiger partial charge in [-0.25, -0.2) is 4.98 Å². The van der Waals surface area contributed by atoms with Crippen molar-refractivity contribution in [3.05, 3.63) is 71.4 Å². The summed E-state index contributed by atoms with van der Waals surface area (Å²) in [5.41, 5.74) is 9.04. The number of carbonyl (C=O) groups excluding carboxylic acids is 1. The van der Waals surface area contributed by atoms with Gasteiger partial charge in [0.2, 0.25) is 0 Å².